The molecule has 0 bridgehead atoms. The van der Waals surface area contributed by atoms with Gasteiger partial charge in [-0.15, -0.1) is 0 Å². The van der Waals surface area contributed by atoms with Crippen LogP contribution in [0.5, 0.6) is 0 Å². The number of hydrogen-bond donors (Lipinski definition) is 2. The minimum atomic E-state index is -3.57. The summed E-state index contributed by atoms with van der Waals surface area (Å²) in [4.78, 5) is 0.265. The summed E-state index contributed by atoms with van der Waals surface area (Å²) in [6.45, 7) is 12.2. The quantitative estimate of drug-likeness (QED) is 0.870. The minimum Gasteiger partial charge on any atom is -0.465 e. The van der Waals surface area contributed by atoms with Gasteiger partial charge >= 0.3 is 0 Å². The van der Waals surface area contributed by atoms with Gasteiger partial charge in [0.1, 0.15) is 16.4 Å². The summed E-state index contributed by atoms with van der Waals surface area (Å²) in [6, 6.07) is 0. The highest BCUT2D eigenvalue weighted by molar-refractivity contribution is 7.89. The molecule has 0 aliphatic rings. The van der Waals surface area contributed by atoms with Gasteiger partial charge in [-0.05, 0) is 41.2 Å². The van der Waals surface area contributed by atoms with E-state index in [9.17, 15) is 8.42 Å². The van der Waals surface area contributed by atoms with Crippen molar-refractivity contribution in [3.05, 3.63) is 17.1 Å². The average molecular weight is 288 g/mol. The van der Waals surface area contributed by atoms with Gasteiger partial charge in [-0.2, -0.15) is 0 Å². The lowest BCUT2D eigenvalue weighted by Crippen LogP contribution is -2.41. The maximum atomic E-state index is 12.5. The van der Waals surface area contributed by atoms with Crippen LogP contribution in [0.3, 0.4) is 0 Å². The van der Waals surface area contributed by atoms with Crippen LogP contribution >= 0.6 is 0 Å². The van der Waals surface area contributed by atoms with Crippen LogP contribution in [0.15, 0.2) is 9.31 Å². The van der Waals surface area contributed by atoms with E-state index >= 15 is 0 Å². The largest absolute Gasteiger partial charge is 0.465 e. The lowest BCUT2D eigenvalue weighted by Gasteiger charge is -2.20. The van der Waals surface area contributed by atoms with Crippen LogP contribution in [-0.4, -0.2) is 20.5 Å². The summed E-state index contributed by atoms with van der Waals surface area (Å²) in [5.74, 6) is 1.08. The predicted molar refractivity (Wildman–Crippen MR) is 75.6 cm³/mol. The molecule has 1 rings (SSSR count). The molecule has 0 fully saturated rings. The molecule has 1 aromatic rings. The van der Waals surface area contributed by atoms with E-state index in [2.05, 4.69) is 10.0 Å². The first kappa shape index (κ1) is 16.2. The standard InChI is InChI=1S/C13H24N2O3S/c1-7-14-8-11-9(2)18-10(3)12(11)19(16,17)15-13(4,5)6/h14-15H,7-8H2,1-6H3. The molecule has 0 radical (unpaired) electrons. The number of rotatable bonds is 5. The van der Waals surface area contributed by atoms with Crippen molar-refractivity contribution in [3.8, 4) is 0 Å². The fraction of sp³-hybridized carbons (Fsp3) is 0.692. The molecule has 1 heterocycles. The Bertz CT molecular complexity index is 539. The molecule has 0 spiro atoms. The predicted octanol–water partition coefficient (Wildman–Crippen LogP) is 2.08. The molecule has 5 nitrogen and oxygen atoms in total. The van der Waals surface area contributed by atoms with Gasteiger partial charge < -0.3 is 9.73 Å². The number of nitrogens with one attached hydrogen (secondary N) is 2. The monoisotopic (exact) mass is 288 g/mol. The number of aryl methyl sites for hydroxylation is 2. The molecule has 0 amide bonds. The minimum absolute atomic E-state index is 0.265. The molecule has 0 aliphatic carbocycles. The van der Waals surface area contributed by atoms with Gasteiger partial charge in [0.2, 0.25) is 10.0 Å². The SMILES string of the molecule is CCNCc1c(C)oc(C)c1S(=O)(=O)NC(C)(C)C. The van der Waals surface area contributed by atoms with Gasteiger partial charge in [0.25, 0.3) is 0 Å². The Kier molecular flexibility index (Phi) is 4.81. The van der Waals surface area contributed by atoms with Crippen LogP contribution < -0.4 is 10.0 Å². The molecule has 0 atom stereocenters. The van der Waals surface area contributed by atoms with E-state index < -0.39 is 15.6 Å². The summed E-state index contributed by atoms with van der Waals surface area (Å²) in [5.41, 5.74) is 0.183. The van der Waals surface area contributed by atoms with E-state index in [0.717, 1.165) is 6.54 Å². The fourth-order valence-electron chi connectivity index (χ4n) is 1.97. The van der Waals surface area contributed by atoms with Crippen molar-refractivity contribution >= 4 is 10.0 Å². The maximum Gasteiger partial charge on any atom is 0.244 e. The van der Waals surface area contributed by atoms with E-state index in [4.69, 9.17) is 4.42 Å². The third-order valence-electron chi connectivity index (χ3n) is 2.59. The van der Waals surface area contributed by atoms with E-state index in [1.165, 1.54) is 0 Å². The second kappa shape index (κ2) is 5.64. The summed E-state index contributed by atoms with van der Waals surface area (Å²) in [6.07, 6.45) is 0. The van der Waals surface area contributed by atoms with Crippen molar-refractivity contribution in [2.45, 2.75) is 58.5 Å². The van der Waals surface area contributed by atoms with Crippen molar-refractivity contribution in [2.24, 2.45) is 0 Å². The number of sulfonamides is 1. The lowest BCUT2D eigenvalue weighted by atomic mass is 10.1. The highest BCUT2D eigenvalue weighted by Crippen LogP contribution is 2.27. The van der Waals surface area contributed by atoms with Crippen LogP contribution in [0.2, 0.25) is 0 Å². The van der Waals surface area contributed by atoms with Gasteiger partial charge in [0.15, 0.2) is 0 Å². The molecule has 2 N–H and O–H groups in total. The van der Waals surface area contributed by atoms with Gasteiger partial charge in [-0.1, -0.05) is 6.92 Å². The van der Waals surface area contributed by atoms with Gasteiger partial charge in [0, 0.05) is 17.6 Å². The Hall–Kier alpha value is -0.850. The van der Waals surface area contributed by atoms with Crippen LogP contribution in [0.4, 0.5) is 0 Å². The first-order valence-electron chi connectivity index (χ1n) is 6.42. The second-order valence-electron chi connectivity index (χ2n) is 5.66. The lowest BCUT2D eigenvalue weighted by molar-refractivity contribution is 0.481. The van der Waals surface area contributed by atoms with E-state index in [1.807, 2.05) is 27.7 Å². The molecule has 19 heavy (non-hydrogen) atoms. The summed E-state index contributed by atoms with van der Waals surface area (Å²) < 4.78 is 33.1. The van der Waals surface area contributed by atoms with E-state index in [-0.39, 0.29) is 4.90 Å². The zero-order valence-electron chi connectivity index (χ0n) is 12.5. The summed E-state index contributed by atoms with van der Waals surface area (Å²) >= 11 is 0. The zero-order chi connectivity index (χ0) is 14.8. The summed E-state index contributed by atoms with van der Waals surface area (Å²) in [7, 11) is -3.57. The average Bonchev–Trinajstić information content (AvgIpc) is 2.47. The Balaban J connectivity index is 3.25. The molecule has 110 valence electrons. The van der Waals surface area contributed by atoms with Crippen LogP contribution in [0.25, 0.3) is 0 Å². The highest BCUT2D eigenvalue weighted by atomic mass is 32.2. The van der Waals surface area contributed by atoms with Gasteiger partial charge in [0.05, 0.1) is 0 Å². The Morgan fingerprint density at radius 2 is 1.74 bits per heavy atom. The van der Waals surface area contributed by atoms with Crippen LogP contribution in [0.1, 0.15) is 44.8 Å². The van der Waals surface area contributed by atoms with Crippen molar-refractivity contribution in [3.63, 3.8) is 0 Å². The van der Waals surface area contributed by atoms with Crippen LogP contribution in [0, 0.1) is 13.8 Å². The van der Waals surface area contributed by atoms with Crippen molar-refractivity contribution < 1.29 is 12.8 Å². The second-order valence-corrected chi connectivity index (χ2v) is 7.28. The first-order valence-corrected chi connectivity index (χ1v) is 7.90. The molecule has 0 saturated heterocycles. The van der Waals surface area contributed by atoms with E-state index in [0.29, 0.717) is 23.6 Å². The zero-order valence-corrected chi connectivity index (χ0v) is 13.4. The number of furan rings is 1. The maximum absolute atomic E-state index is 12.5. The van der Waals surface area contributed by atoms with Gasteiger partial charge in [-0.3, -0.25) is 0 Å². The van der Waals surface area contributed by atoms with Gasteiger partial charge in [-0.25, -0.2) is 13.1 Å². The summed E-state index contributed by atoms with van der Waals surface area (Å²) in [5, 5.41) is 3.14. The topological polar surface area (TPSA) is 71.3 Å². The van der Waals surface area contributed by atoms with Crippen molar-refractivity contribution in [2.75, 3.05) is 6.54 Å². The molecular formula is C13H24N2O3S. The molecule has 6 heteroatoms. The molecule has 0 unspecified atom stereocenters. The highest BCUT2D eigenvalue weighted by Gasteiger charge is 2.29. The Morgan fingerprint density at radius 3 is 2.21 bits per heavy atom. The first-order chi connectivity index (χ1) is 8.58. The van der Waals surface area contributed by atoms with E-state index in [1.54, 1.807) is 13.8 Å². The molecule has 0 aromatic carbocycles. The van der Waals surface area contributed by atoms with Crippen molar-refractivity contribution in [1.82, 2.24) is 10.0 Å². The molecular weight excluding hydrogens is 264 g/mol. The molecule has 0 aliphatic heterocycles. The Morgan fingerprint density at radius 1 is 1.16 bits per heavy atom. The Labute approximate surface area is 115 Å². The normalized spacial score (nSPS) is 12.9. The number of hydrogen-bond acceptors (Lipinski definition) is 4. The van der Waals surface area contributed by atoms with Crippen molar-refractivity contribution in [1.29, 1.82) is 0 Å². The molecule has 1 aromatic heterocycles. The molecule has 0 saturated carbocycles. The third kappa shape index (κ3) is 4.06. The fourth-order valence-corrected chi connectivity index (χ4v) is 3.84. The smallest absolute Gasteiger partial charge is 0.244 e. The van der Waals surface area contributed by atoms with Crippen LogP contribution in [-0.2, 0) is 16.6 Å². The third-order valence-corrected chi connectivity index (χ3v) is 4.54.